The number of piperazine rings is 1. The molecule has 2 aromatic rings. The first-order valence-corrected chi connectivity index (χ1v) is 9.57. The first-order valence-electron chi connectivity index (χ1n) is 9.57. The average molecular weight is 386 g/mol. The second-order valence-corrected chi connectivity index (χ2v) is 7.39. The highest BCUT2D eigenvalue weighted by Gasteiger charge is 2.32. The molecule has 0 bridgehead atoms. The van der Waals surface area contributed by atoms with Gasteiger partial charge in [0.05, 0.1) is 6.61 Å². The summed E-state index contributed by atoms with van der Waals surface area (Å²) in [4.78, 5) is 16.9. The minimum absolute atomic E-state index is 0.0239. The number of carbonyl (C=O) groups excluding carboxylic acids is 1. The number of hydrogen-bond acceptors (Lipinski definition) is 4. The van der Waals surface area contributed by atoms with E-state index in [1.165, 1.54) is 12.1 Å². The van der Waals surface area contributed by atoms with Crippen molar-refractivity contribution in [3.63, 3.8) is 0 Å². The number of nitrogens with zero attached hydrogens (tertiary/aromatic N) is 2. The van der Waals surface area contributed by atoms with Gasteiger partial charge in [0.1, 0.15) is 11.6 Å². The van der Waals surface area contributed by atoms with E-state index in [-0.39, 0.29) is 37.0 Å². The number of carbonyl (C=O) groups is 1. The maximum Gasteiger partial charge on any atom is 0.260 e. The van der Waals surface area contributed by atoms with Gasteiger partial charge in [-0.2, -0.15) is 0 Å². The Morgan fingerprint density at radius 1 is 1.11 bits per heavy atom. The lowest BCUT2D eigenvalue weighted by Crippen LogP contribution is -2.58. The summed E-state index contributed by atoms with van der Waals surface area (Å²) >= 11 is 0. The molecule has 1 heterocycles. The Morgan fingerprint density at radius 2 is 1.86 bits per heavy atom. The first kappa shape index (κ1) is 20.3. The minimum Gasteiger partial charge on any atom is -0.484 e. The van der Waals surface area contributed by atoms with Crippen LogP contribution < -0.4 is 4.74 Å². The molecule has 6 heteroatoms. The molecule has 0 saturated carbocycles. The van der Waals surface area contributed by atoms with E-state index in [2.05, 4.69) is 11.8 Å². The van der Waals surface area contributed by atoms with E-state index in [0.717, 1.165) is 24.2 Å². The fourth-order valence-corrected chi connectivity index (χ4v) is 3.55. The fourth-order valence-electron chi connectivity index (χ4n) is 3.55. The van der Waals surface area contributed by atoms with E-state index >= 15 is 0 Å². The van der Waals surface area contributed by atoms with Crippen LogP contribution in [0.2, 0.25) is 0 Å². The summed E-state index contributed by atoms with van der Waals surface area (Å²) < 4.78 is 18.7. The Morgan fingerprint density at radius 3 is 2.57 bits per heavy atom. The van der Waals surface area contributed by atoms with Gasteiger partial charge in [-0.3, -0.25) is 9.69 Å². The van der Waals surface area contributed by atoms with Crippen molar-refractivity contribution in [3.8, 4) is 5.75 Å². The molecular weight excluding hydrogens is 359 g/mol. The molecule has 2 atom stereocenters. The Balaban J connectivity index is 1.55. The van der Waals surface area contributed by atoms with Crippen molar-refractivity contribution in [3.05, 3.63) is 65.5 Å². The zero-order chi connectivity index (χ0) is 20.1. The van der Waals surface area contributed by atoms with Gasteiger partial charge < -0.3 is 14.7 Å². The molecule has 1 amide bonds. The summed E-state index contributed by atoms with van der Waals surface area (Å²) in [6.45, 7) is 6.17. The molecule has 0 radical (unpaired) electrons. The number of aliphatic hydroxyl groups is 1. The lowest BCUT2D eigenvalue weighted by Gasteiger charge is -2.44. The van der Waals surface area contributed by atoms with Crippen molar-refractivity contribution >= 4 is 5.91 Å². The summed E-state index contributed by atoms with van der Waals surface area (Å²) in [5, 5.41) is 9.20. The van der Waals surface area contributed by atoms with E-state index < -0.39 is 0 Å². The predicted octanol–water partition coefficient (Wildman–Crippen LogP) is 2.82. The maximum atomic E-state index is 13.1. The Labute approximate surface area is 165 Å². The molecule has 1 saturated heterocycles. The van der Waals surface area contributed by atoms with Gasteiger partial charge in [0, 0.05) is 31.7 Å². The van der Waals surface area contributed by atoms with Crippen molar-refractivity contribution < 1.29 is 19.0 Å². The molecular formula is C22H27FN2O3. The summed E-state index contributed by atoms with van der Waals surface area (Å²) in [5.74, 6) is 0.302. The van der Waals surface area contributed by atoms with Gasteiger partial charge in [-0.1, -0.05) is 24.3 Å². The Hall–Kier alpha value is -2.44. The quantitative estimate of drug-likeness (QED) is 0.830. The number of halogens is 1. The van der Waals surface area contributed by atoms with Crippen LogP contribution in [0.25, 0.3) is 0 Å². The normalized spacial score (nSPS) is 20.2. The smallest absolute Gasteiger partial charge is 0.260 e. The van der Waals surface area contributed by atoms with Gasteiger partial charge in [-0.15, -0.1) is 0 Å². The molecule has 0 aliphatic carbocycles. The molecule has 2 aromatic carbocycles. The number of hydrogen-bond donors (Lipinski definition) is 1. The van der Waals surface area contributed by atoms with Gasteiger partial charge in [0.2, 0.25) is 0 Å². The number of amides is 1. The molecule has 150 valence electrons. The monoisotopic (exact) mass is 386 g/mol. The third kappa shape index (κ3) is 5.09. The highest BCUT2D eigenvalue weighted by atomic mass is 19.1. The van der Waals surface area contributed by atoms with Crippen LogP contribution in [0.5, 0.6) is 5.75 Å². The summed E-state index contributed by atoms with van der Waals surface area (Å²) in [6.07, 6.45) is 0. The fraction of sp³-hybridized carbons (Fsp3) is 0.409. The Kier molecular flexibility index (Phi) is 6.65. The summed E-state index contributed by atoms with van der Waals surface area (Å²) in [6, 6.07) is 13.9. The molecule has 1 aliphatic heterocycles. The molecule has 0 spiro atoms. The Bertz CT molecular complexity index is 797. The van der Waals surface area contributed by atoms with Crippen LogP contribution in [0.4, 0.5) is 4.39 Å². The van der Waals surface area contributed by atoms with Crippen LogP contribution >= 0.6 is 0 Å². The summed E-state index contributed by atoms with van der Waals surface area (Å²) in [5.41, 5.74) is 1.81. The van der Waals surface area contributed by atoms with Crippen LogP contribution in [-0.2, 0) is 17.9 Å². The second kappa shape index (κ2) is 9.17. The van der Waals surface area contributed by atoms with E-state index in [9.17, 15) is 14.3 Å². The minimum atomic E-state index is -0.231. The van der Waals surface area contributed by atoms with Gasteiger partial charge in [0.15, 0.2) is 6.61 Å². The average Bonchev–Trinajstić information content (AvgIpc) is 2.70. The van der Waals surface area contributed by atoms with Crippen molar-refractivity contribution in [1.82, 2.24) is 9.80 Å². The van der Waals surface area contributed by atoms with Crippen LogP contribution in [0.1, 0.15) is 25.0 Å². The first-order chi connectivity index (χ1) is 13.5. The van der Waals surface area contributed by atoms with E-state index in [1.54, 1.807) is 36.4 Å². The largest absolute Gasteiger partial charge is 0.484 e. The topological polar surface area (TPSA) is 53.0 Å². The van der Waals surface area contributed by atoms with Gasteiger partial charge in [0.25, 0.3) is 5.91 Å². The van der Waals surface area contributed by atoms with E-state index in [0.29, 0.717) is 12.3 Å². The lowest BCUT2D eigenvalue weighted by atomic mass is 10.1. The maximum absolute atomic E-state index is 13.1. The molecule has 28 heavy (non-hydrogen) atoms. The van der Waals surface area contributed by atoms with Crippen LogP contribution in [0, 0.1) is 5.82 Å². The second-order valence-electron chi connectivity index (χ2n) is 7.39. The van der Waals surface area contributed by atoms with Crippen molar-refractivity contribution in [2.75, 3.05) is 19.7 Å². The molecule has 0 unspecified atom stereocenters. The van der Waals surface area contributed by atoms with Crippen molar-refractivity contribution in [2.45, 2.75) is 39.1 Å². The van der Waals surface area contributed by atoms with E-state index in [4.69, 9.17) is 4.74 Å². The third-order valence-corrected chi connectivity index (χ3v) is 5.18. The SMILES string of the molecule is C[C@@H]1CN(C(=O)COc2cccc(CO)c2)[C@@H](C)CN1Cc1ccc(F)cc1. The number of ether oxygens (including phenoxy) is 1. The zero-order valence-corrected chi connectivity index (χ0v) is 16.3. The molecule has 1 N–H and O–H groups in total. The standard InChI is InChI=1S/C22H27FN2O3/c1-16-12-25(22(27)15-28-21-5-3-4-19(10-21)14-26)17(2)11-24(16)13-18-6-8-20(23)9-7-18/h3-10,16-17,26H,11-15H2,1-2H3/t16-,17+/m1/s1. The summed E-state index contributed by atoms with van der Waals surface area (Å²) in [7, 11) is 0. The molecule has 5 nitrogen and oxygen atoms in total. The lowest BCUT2D eigenvalue weighted by molar-refractivity contribution is -0.139. The predicted molar refractivity (Wildman–Crippen MR) is 105 cm³/mol. The van der Waals surface area contributed by atoms with E-state index in [1.807, 2.05) is 11.8 Å². The number of rotatable bonds is 6. The highest BCUT2D eigenvalue weighted by molar-refractivity contribution is 5.78. The molecule has 0 aromatic heterocycles. The zero-order valence-electron chi connectivity index (χ0n) is 16.3. The van der Waals surface area contributed by atoms with Gasteiger partial charge in [-0.25, -0.2) is 4.39 Å². The van der Waals surface area contributed by atoms with Crippen LogP contribution in [0.3, 0.4) is 0 Å². The van der Waals surface area contributed by atoms with Crippen molar-refractivity contribution in [1.29, 1.82) is 0 Å². The number of aliphatic hydroxyl groups excluding tert-OH is 1. The number of benzene rings is 2. The molecule has 1 aliphatic rings. The highest BCUT2D eigenvalue weighted by Crippen LogP contribution is 2.19. The molecule has 1 fully saturated rings. The van der Waals surface area contributed by atoms with Crippen molar-refractivity contribution in [2.24, 2.45) is 0 Å². The van der Waals surface area contributed by atoms with Crippen LogP contribution in [0.15, 0.2) is 48.5 Å². The van der Waals surface area contributed by atoms with Crippen LogP contribution in [-0.4, -0.2) is 52.6 Å². The third-order valence-electron chi connectivity index (χ3n) is 5.18. The molecule has 3 rings (SSSR count). The van der Waals surface area contributed by atoms with Gasteiger partial charge >= 0.3 is 0 Å². The van der Waals surface area contributed by atoms with Gasteiger partial charge in [-0.05, 0) is 49.2 Å².